The van der Waals surface area contributed by atoms with E-state index in [2.05, 4.69) is 13.5 Å². The highest BCUT2D eigenvalue weighted by Gasteiger charge is 1.89. The van der Waals surface area contributed by atoms with Crippen LogP contribution in [0.2, 0.25) is 0 Å². The lowest BCUT2D eigenvalue weighted by atomic mass is 10.2. The molecule has 1 rings (SSSR count). The Morgan fingerprint density at radius 3 is 2.62 bits per heavy atom. The van der Waals surface area contributed by atoms with Gasteiger partial charge in [0.1, 0.15) is 5.75 Å². The van der Waals surface area contributed by atoms with Gasteiger partial charge in [0.05, 0.1) is 6.26 Å². The van der Waals surface area contributed by atoms with E-state index in [1.54, 1.807) is 6.26 Å². The number of para-hydroxylation sites is 1. The van der Waals surface area contributed by atoms with Gasteiger partial charge in [-0.25, -0.2) is 0 Å². The second-order valence-electron chi connectivity index (χ2n) is 2.68. The van der Waals surface area contributed by atoms with Crippen LogP contribution < -0.4 is 4.74 Å². The Hall–Kier alpha value is -1.50. The van der Waals surface area contributed by atoms with Crippen LogP contribution in [-0.4, -0.2) is 0 Å². The van der Waals surface area contributed by atoms with Crippen molar-refractivity contribution in [1.82, 2.24) is 0 Å². The molecule has 1 heteroatoms. The summed E-state index contributed by atoms with van der Waals surface area (Å²) in [6.07, 6.45) is 4.49. The van der Waals surface area contributed by atoms with Crippen LogP contribution in [0.25, 0.3) is 0 Å². The Morgan fingerprint density at radius 1 is 1.38 bits per heavy atom. The molecule has 0 aliphatic heterocycles. The first-order chi connectivity index (χ1) is 6.36. The van der Waals surface area contributed by atoms with Crippen molar-refractivity contribution >= 4 is 0 Å². The van der Waals surface area contributed by atoms with E-state index in [1.807, 2.05) is 36.4 Å². The molecule has 0 bridgehead atoms. The third-order valence-electron chi connectivity index (χ3n) is 1.76. The second-order valence-corrected chi connectivity index (χ2v) is 2.68. The van der Waals surface area contributed by atoms with Crippen molar-refractivity contribution in [3.63, 3.8) is 0 Å². The molecule has 0 aromatic heterocycles. The molecule has 13 heavy (non-hydrogen) atoms. The van der Waals surface area contributed by atoms with E-state index in [4.69, 9.17) is 4.74 Å². The van der Waals surface area contributed by atoms with Crippen molar-refractivity contribution < 1.29 is 4.74 Å². The molecular weight excluding hydrogens is 160 g/mol. The Morgan fingerprint density at radius 2 is 2.08 bits per heavy atom. The number of ether oxygens (including phenoxy) is 1. The summed E-state index contributed by atoms with van der Waals surface area (Å²) in [7, 11) is 0. The van der Waals surface area contributed by atoms with Gasteiger partial charge in [-0.2, -0.15) is 0 Å². The monoisotopic (exact) mass is 174 g/mol. The zero-order valence-corrected chi connectivity index (χ0v) is 7.86. The minimum Gasteiger partial charge on any atom is -0.465 e. The summed E-state index contributed by atoms with van der Waals surface area (Å²) < 4.78 is 5.42. The standard InChI is InChI=1S/C12H14O/c1-3-11(4-2)10-13-12-8-6-5-7-9-12/h3,5-10H,1,4H2,2H3. The topological polar surface area (TPSA) is 9.23 Å². The van der Waals surface area contributed by atoms with E-state index in [-0.39, 0.29) is 0 Å². The molecule has 1 aromatic rings. The van der Waals surface area contributed by atoms with Crippen LogP contribution in [0.3, 0.4) is 0 Å². The van der Waals surface area contributed by atoms with E-state index in [9.17, 15) is 0 Å². The number of allylic oxidation sites excluding steroid dienone is 2. The molecule has 1 nitrogen and oxygen atoms in total. The molecule has 0 spiro atoms. The zero-order chi connectivity index (χ0) is 9.52. The van der Waals surface area contributed by atoms with Crippen LogP contribution in [0, 0.1) is 0 Å². The van der Waals surface area contributed by atoms with Gasteiger partial charge in [-0.3, -0.25) is 0 Å². The van der Waals surface area contributed by atoms with E-state index in [0.717, 1.165) is 17.7 Å². The van der Waals surface area contributed by atoms with E-state index in [1.165, 1.54) is 0 Å². The molecule has 0 fully saturated rings. The normalized spacial score (nSPS) is 11.0. The summed E-state index contributed by atoms with van der Waals surface area (Å²) >= 11 is 0. The van der Waals surface area contributed by atoms with E-state index >= 15 is 0 Å². The predicted octanol–water partition coefficient (Wildman–Crippen LogP) is 3.55. The summed E-state index contributed by atoms with van der Waals surface area (Å²) in [6.45, 7) is 5.77. The molecule has 1 aromatic carbocycles. The summed E-state index contributed by atoms with van der Waals surface area (Å²) in [5.74, 6) is 0.857. The van der Waals surface area contributed by atoms with Crippen LogP contribution in [0.1, 0.15) is 13.3 Å². The van der Waals surface area contributed by atoms with E-state index < -0.39 is 0 Å². The largest absolute Gasteiger partial charge is 0.465 e. The SMILES string of the molecule is C=CC(=COc1ccccc1)CC. The summed E-state index contributed by atoms with van der Waals surface area (Å²) in [4.78, 5) is 0. The lowest BCUT2D eigenvalue weighted by Crippen LogP contribution is -1.84. The average Bonchev–Trinajstić information content (AvgIpc) is 2.21. The molecule has 0 amide bonds. The minimum atomic E-state index is 0.857. The van der Waals surface area contributed by atoms with Crippen molar-refractivity contribution in [3.8, 4) is 5.75 Å². The van der Waals surface area contributed by atoms with Gasteiger partial charge in [0.25, 0.3) is 0 Å². The molecule has 0 radical (unpaired) electrons. The minimum absolute atomic E-state index is 0.857. The lowest BCUT2D eigenvalue weighted by Gasteiger charge is -2.00. The van der Waals surface area contributed by atoms with Gasteiger partial charge in [0, 0.05) is 0 Å². The number of hydrogen-bond donors (Lipinski definition) is 0. The Kier molecular flexibility index (Phi) is 3.83. The fourth-order valence-electron chi connectivity index (χ4n) is 0.919. The van der Waals surface area contributed by atoms with Gasteiger partial charge in [-0.15, -0.1) is 0 Å². The average molecular weight is 174 g/mol. The predicted molar refractivity (Wildman–Crippen MR) is 55.6 cm³/mol. The van der Waals surface area contributed by atoms with Gasteiger partial charge in [-0.1, -0.05) is 37.8 Å². The Bertz CT molecular complexity index is 285. The highest BCUT2D eigenvalue weighted by atomic mass is 16.5. The highest BCUT2D eigenvalue weighted by Crippen LogP contribution is 2.10. The number of rotatable bonds is 4. The van der Waals surface area contributed by atoms with Gasteiger partial charge in [0.15, 0.2) is 0 Å². The van der Waals surface area contributed by atoms with Gasteiger partial charge < -0.3 is 4.74 Å². The molecule has 0 saturated heterocycles. The molecular formula is C12H14O. The summed E-state index contributed by atoms with van der Waals surface area (Å²) in [6, 6.07) is 9.70. The first kappa shape index (κ1) is 9.59. The summed E-state index contributed by atoms with van der Waals surface area (Å²) in [5, 5.41) is 0. The maximum Gasteiger partial charge on any atom is 0.126 e. The van der Waals surface area contributed by atoms with Gasteiger partial charge >= 0.3 is 0 Å². The van der Waals surface area contributed by atoms with Gasteiger partial charge in [-0.05, 0) is 24.1 Å². The van der Waals surface area contributed by atoms with Crippen molar-refractivity contribution in [2.75, 3.05) is 0 Å². The molecule has 0 atom stereocenters. The molecule has 0 N–H and O–H groups in total. The van der Waals surface area contributed by atoms with Gasteiger partial charge in [0.2, 0.25) is 0 Å². The Labute approximate surface area is 79.4 Å². The third-order valence-corrected chi connectivity index (χ3v) is 1.76. The quantitative estimate of drug-likeness (QED) is 0.501. The maximum atomic E-state index is 5.42. The summed E-state index contributed by atoms with van der Waals surface area (Å²) in [5.41, 5.74) is 1.10. The second kappa shape index (κ2) is 5.20. The zero-order valence-electron chi connectivity index (χ0n) is 7.86. The highest BCUT2D eigenvalue weighted by molar-refractivity contribution is 5.23. The molecule has 0 aliphatic rings. The van der Waals surface area contributed by atoms with Crippen molar-refractivity contribution in [2.24, 2.45) is 0 Å². The third kappa shape index (κ3) is 3.16. The number of benzene rings is 1. The first-order valence-corrected chi connectivity index (χ1v) is 4.40. The van der Waals surface area contributed by atoms with Crippen molar-refractivity contribution in [3.05, 3.63) is 54.8 Å². The maximum absolute atomic E-state index is 5.42. The molecule has 0 unspecified atom stereocenters. The fraction of sp³-hybridized carbons (Fsp3) is 0.167. The van der Waals surface area contributed by atoms with Crippen LogP contribution in [0.4, 0.5) is 0 Å². The van der Waals surface area contributed by atoms with Crippen LogP contribution >= 0.6 is 0 Å². The van der Waals surface area contributed by atoms with Crippen molar-refractivity contribution in [1.29, 1.82) is 0 Å². The van der Waals surface area contributed by atoms with Crippen LogP contribution in [0.5, 0.6) is 5.75 Å². The molecule has 0 aliphatic carbocycles. The first-order valence-electron chi connectivity index (χ1n) is 4.40. The van der Waals surface area contributed by atoms with Crippen LogP contribution in [0.15, 0.2) is 54.8 Å². The molecule has 68 valence electrons. The lowest BCUT2D eigenvalue weighted by molar-refractivity contribution is 0.475. The van der Waals surface area contributed by atoms with E-state index in [0.29, 0.717) is 0 Å². The number of hydrogen-bond acceptors (Lipinski definition) is 1. The van der Waals surface area contributed by atoms with Crippen LogP contribution in [-0.2, 0) is 0 Å². The molecule has 0 heterocycles. The Balaban J connectivity index is 2.60. The smallest absolute Gasteiger partial charge is 0.126 e. The fourth-order valence-corrected chi connectivity index (χ4v) is 0.919. The van der Waals surface area contributed by atoms with Crippen molar-refractivity contribution in [2.45, 2.75) is 13.3 Å². The molecule has 0 saturated carbocycles.